The van der Waals surface area contributed by atoms with Crippen LogP contribution in [0.1, 0.15) is 11.1 Å². The van der Waals surface area contributed by atoms with E-state index in [-0.39, 0.29) is 16.5 Å². The second kappa shape index (κ2) is 6.35. The number of hydrogen-bond acceptors (Lipinski definition) is 4. The molecule has 7 heteroatoms. The Kier molecular flexibility index (Phi) is 4.73. The largest absolute Gasteiger partial charge is 0.487 e. The van der Waals surface area contributed by atoms with Crippen molar-refractivity contribution in [3.8, 4) is 11.8 Å². The van der Waals surface area contributed by atoms with E-state index >= 15 is 0 Å². The Hall–Kier alpha value is -1.74. The summed E-state index contributed by atoms with van der Waals surface area (Å²) in [5, 5.41) is 8.96. The number of rotatable bonds is 4. The lowest BCUT2D eigenvalue weighted by Crippen LogP contribution is -1.97. The molecule has 0 saturated heterocycles. The molecule has 4 nitrogen and oxygen atoms in total. The van der Waals surface area contributed by atoms with Gasteiger partial charge in [0.15, 0.2) is 0 Å². The number of halogens is 2. The Balaban J connectivity index is 2.15. The topological polar surface area (TPSA) is 67.2 Å². The number of nitriles is 1. The molecule has 21 heavy (non-hydrogen) atoms. The van der Waals surface area contributed by atoms with Gasteiger partial charge in [0.2, 0.25) is 0 Å². The number of nitrogens with zero attached hydrogens (tertiary/aromatic N) is 1. The van der Waals surface area contributed by atoms with Crippen molar-refractivity contribution in [2.24, 2.45) is 0 Å². The molecule has 2 aromatic rings. The molecule has 0 aliphatic rings. The van der Waals surface area contributed by atoms with Crippen LogP contribution in [0.25, 0.3) is 0 Å². The lowest BCUT2D eigenvalue weighted by molar-refractivity contribution is 0.306. The van der Waals surface area contributed by atoms with Gasteiger partial charge in [0, 0.05) is 10.7 Å². The second-order valence-electron chi connectivity index (χ2n) is 4.13. The van der Waals surface area contributed by atoms with Gasteiger partial charge in [-0.05, 0) is 35.9 Å². The molecule has 0 N–H and O–H groups in total. The zero-order valence-corrected chi connectivity index (χ0v) is 12.9. The standard InChI is InChI=1S/C14H9Cl2NO3S/c15-13-7-12(21(16,18)19)4-5-14(13)20-9-11-3-1-2-10(6-11)8-17/h1-7H,9H2. The first kappa shape index (κ1) is 15.6. The van der Waals surface area contributed by atoms with Crippen molar-refractivity contribution in [2.45, 2.75) is 11.5 Å². The van der Waals surface area contributed by atoms with E-state index in [9.17, 15) is 8.42 Å². The minimum atomic E-state index is -3.82. The molecule has 0 atom stereocenters. The molecule has 0 unspecified atom stereocenters. The van der Waals surface area contributed by atoms with Crippen LogP contribution in [0.2, 0.25) is 5.02 Å². The van der Waals surface area contributed by atoms with Gasteiger partial charge >= 0.3 is 0 Å². The molecule has 2 aromatic carbocycles. The minimum absolute atomic E-state index is 0.0898. The predicted octanol–water partition coefficient (Wildman–Crippen LogP) is 3.72. The first-order valence-electron chi connectivity index (χ1n) is 5.76. The van der Waals surface area contributed by atoms with Gasteiger partial charge in [-0.3, -0.25) is 0 Å². The Bertz CT molecular complexity index is 813. The van der Waals surface area contributed by atoms with Gasteiger partial charge in [0.05, 0.1) is 21.6 Å². The maximum absolute atomic E-state index is 11.2. The molecule has 0 aliphatic heterocycles. The maximum Gasteiger partial charge on any atom is 0.261 e. The molecule has 2 rings (SSSR count). The fraction of sp³-hybridized carbons (Fsp3) is 0.0714. The van der Waals surface area contributed by atoms with Crippen LogP contribution in [0.3, 0.4) is 0 Å². The van der Waals surface area contributed by atoms with Crippen molar-refractivity contribution in [3.05, 3.63) is 58.6 Å². The lowest BCUT2D eigenvalue weighted by Gasteiger charge is -2.09. The molecule has 0 spiro atoms. The monoisotopic (exact) mass is 341 g/mol. The lowest BCUT2D eigenvalue weighted by atomic mass is 10.1. The zero-order chi connectivity index (χ0) is 15.5. The molecule has 0 saturated carbocycles. The van der Waals surface area contributed by atoms with E-state index in [0.717, 1.165) is 5.56 Å². The summed E-state index contributed by atoms with van der Waals surface area (Å²) in [6.07, 6.45) is 0. The van der Waals surface area contributed by atoms with E-state index in [0.29, 0.717) is 11.3 Å². The van der Waals surface area contributed by atoms with Crippen LogP contribution in [0.5, 0.6) is 5.75 Å². The summed E-state index contributed by atoms with van der Waals surface area (Å²) in [6.45, 7) is 0.211. The highest BCUT2D eigenvalue weighted by molar-refractivity contribution is 8.13. The van der Waals surface area contributed by atoms with Crippen molar-refractivity contribution in [3.63, 3.8) is 0 Å². The van der Waals surface area contributed by atoms with Crippen LogP contribution >= 0.6 is 22.3 Å². The predicted molar refractivity (Wildman–Crippen MR) is 80.0 cm³/mol. The van der Waals surface area contributed by atoms with Gasteiger partial charge in [0.25, 0.3) is 9.05 Å². The van der Waals surface area contributed by atoms with Gasteiger partial charge in [-0.2, -0.15) is 5.26 Å². The molecule has 0 heterocycles. The number of ether oxygens (including phenoxy) is 1. The summed E-state index contributed by atoms with van der Waals surface area (Å²) in [5.74, 6) is 0.336. The number of benzene rings is 2. The van der Waals surface area contributed by atoms with Crippen molar-refractivity contribution in [1.29, 1.82) is 5.26 Å². The van der Waals surface area contributed by atoms with Crippen molar-refractivity contribution in [1.82, 2.24) is 0 Å². The molecule has 108 valence electrons. The van der Waals surface area contributed by atoms with Crippen LogP contribution < -0.4 is 4.74 Å². The van der Waals surface area contributed by atoms with Crippen LogP contribution in [0.15, 0.2) is 47.4 Å². The summed E-state index contributed by atoms with van der Waals surface area (Å²) >= 11 is 5.96. The second-order valence-corrected chi connectivity index (χ2v) is 7.10. The summed E-state index contributed by atoms with van der Waals surface area (Å²) in [7, 11) is 1.41. The van der Waals surface area contributed by atoms with Gasteiger partial charge in [0.1, 0.15) is 12.4 Å². The fourth-order valence-electron chi connectivity index (χ4n) is 1.64. The smallest absolute Gasteiger partial charge is 0.261 e. The number of hydrogen-bond donors (Lipinski definition) is 0. The van der Waals surface area contributed by atoms with Gasteiger partial charge in [-0.15, -0.1) is 0 Å². The summed E-state index contributed by atoms with van der Waals surface area (Å²) < 4.78 is 27.9. The zero-order valence-electron chi connectivity index (χ0n) is 10.6. The van der Waals surface area contributed by atoms with Crippen LogP contribution in [-0.2, 0) is 15.7 Å². The molecule has 0 aromatic heterocycles. The quantitative estimate of drug-likeness (QED) is 0.794. The van der Waals surface area contributed by atoms with E-state index in [1.165, 1.54) is 18.2 Å². The maximum atomic E-state index is 11.2. The van der Waals surface area contributed by atoms with Crippen LogP contribution in [0.4, 0.5) is 0 Å². The molecule has 0 fully saturated rings. The summed E-state index contributed by atoms with van der Waals surface area (Å²) in [4.78, 5) is -0.0898. The van der Waals surface area contributed by atoms with E-state index in [2.05, 4.69) is 0 Å². The minimum Gasteiger partial charge on any atom is -0.487 e. The Morgan fingerprint density at radius 3 is 2.57 bits per heavy atom. The van der Waals surface area contributed by atoms with Crippen molar-refractivity contribution >= 4 is 31.3 Å². The summed E-state index contributed by atoms with van der Waals surface area (Å²) in [5.41, 5.74) is 1.34. The highest BCUT2D eigenvalue weighted by Crippen LogP contribution is 2.29. The van der Waals surface area contributed by atoms with Crippen LogP contribution in [-0.4, -0.2) is 8.42 Å². The van der Waals surface area contributed by atoms with Gasteiger partial charge < -0.3 is 4.74 Å². The first-order chi connectivity index (χ1) is 9.90. The SMILES string of the molecule is N#Cc1cccc(COc2ccc(S(=O)(=O)Cl)cc2Cl)c1. The molecule has 0 amide bonds. The average Bonchev–Trinajstić information content (AvgIpc) is 2.45. The van der Waals surface area contributed by atoms with Gasteiger partial charge in [-0.1, -0.05) is 23.7 Å². The Morgan fingerprint density at radius 1 is 1.19 bits per heavy atom. The average molecular weight is 342 g/mol. The highest BCUT2D eigenvalue weighted by atomic mass is 35.7. The highest BCUT2D eigenvalue weighted by Gasteiger charge is 2.13. The molecular weight excluding hydrogens is 333 g/mol. The molecule has 0 aliphatic carbocycles. The van der Waals surface area contributed by atoms with E-state index in [1.54, 1.807) is 18.2 Å². The van der Waals surface area contributed by atoms with E-state index in [1.807, 2.05) is 12.1 Å². The Morgan fingerprint density at radius 2 is 1.95 bits per heavy atom. The third-order valence-electron chi connectivity index (χ3n) is 2.64. The normalized spacial score (nSPS) is 10.9. The van der Waals surface area contributed by atoms with E-state index in [4.69, 9.17) is 32.3 Å². The third-order valence-corrected chi connectivity index (χ3v) is 4.28. The molecular formula is C14H9Cl2NO3S. The fourth-order valence-corrected chi connectivity index (χ4v) is 2.72. The Labute approximate surface area is 131 Å². The summed E-state index contributed by atoms with van der Waals surface area (Å²) in [6, 6.07) is 13.0. The van der Waals surface area contributed by atoms with E-state index < -0.39 is 9.05 Å². The van der Waals surface area contributed by atoms with Crippen LogP contribution in [0, 0.1) is 11.3 Å². The first-order valence-corrected chi connectivity index (χ1v) is 8.45. The van der Waals surface area contributed by atoms with Crippen molar-refractivity contribution in [2.75, 3.05) is 0 Å². The van der Waals surface area contributed by atoms with Crippen molar-refractivity contribution < 1.29 is 13.2 Å². The molecule has 0 bridgehead atoms. The third kappa shape index (κ3) is 4.11. The van der Waals surface area contributed by atoms with Gasteiger partial charge in [-0.25, -0.2) is 8.42 Å². The molecule has 0 radical (unpaired) electrons.